The molecule has 1 aliphatic heterocycles. The fourth-order valence-electron chi connectivity index (χ4n) is 1.89. The van der Waals surface area contributed by atoms with Gasteiger partial charge in [0.05, 0.1) is 6.61 Å². The van der Waals surface area contributed by atoms with Gasteiger partial charge in [0.25, 0.3) is 0 Å². The Kier molecular flexibility index (Phi) is 8.01. The molecule has 1 amide bonds. The number of amides is 1. The van der Waals surface area contributed by atoms with Gasteiger partial charge in [0, 0.05) is 19.6 Å². The summed E-state index contributed by atoms with van der Waals surface area (Å²) in [4.78, 5) is 11.5. The van der Waals surface area contributed by atoms with Crippen molar-refractivity contribution in [3.63, 3.8) is 0 Å². The Labute approximate surface area is 110 Å². The monoisotopic (exact) mass is 257 g/mol. The third-order valence-electron chi connectivity index (χ3n) is 3.32. The molecule has 1 rings (SSSR count). The molecule has 1 heterocycles. The third kappa shape index (κ3) is 6.97. The van der Waals surface area contributed by atoms with Crippen LogP contribution >= 0.6 is 0 Å². The number of carbonyl (C=O) groups is 1. The lowest BCUT2D eigenvalue weighted by atomic mass is 10.1. The van der Waals surface area contributed by atoms with Crippen LogP contribution in [0.4, 0.5) is 0 Å². The number of hydrogen-bond acceptors (Lipinski definition) is 3. The molecule has 18 heavy (non-hydrogen) atoms. The van der Waals surface area contributed by atoms with Crippen LogP contribution in [0, 0.1) is 5.92 Å². The average molecular weight is 257 g/mol. The fraction of sp³-hybridized carbons (Fsp3) is 0.929. The highest BCUT2D eigenvalue weighted by molar-refractivity contribution is 5.76. The van der Waals surface area contributed by atoms with Crippen LogP contribution in [0.3, 0.4) is 0 Å². The first-order valence-corrected chi connectivity index (χ1v) is 7.22. The second kappa shape index (κ2) is 9.34. The van der Waals surface area contributed by atoms with Gasteiger partial charge in [0.2, 0.25) is 5.91 Å². The van der Waals surface area contributed by atoms with Crippen molar-refractivity contribution in [2.45, 2.75) is 58.7 Å². The summed E-state index contributed by atoms with van der Waals surface area (Å²) in [5.41, 5.74) is 0. The van der Waals surface area contributed by atoms with Crippen molar-refractivity contribution >= 4 is 5.91 Å². The van der Waals surface area contributed by atoms with Crippen LogP contribution in [0.1, 0.15) is 52.4 Å². The first-order valence-electron chi connectivity index (χ1n) is 7.22. The molecular formula is C14H27NO3. The molecule has 106 valence electrons. The summed E-state index contributed by atoms with van der Waals surface area (Å²) in [5.74, 6) is 0.621. The number of carbonyl (C=O) groups excluding carboxylic acids is 1. The summed E-state index contributed by atoms with van der Waals surface area (Å²) < 4.78 is 11.1. The number of rotatable bonds is 8. The normalized spacial score (nSPS) is 21.6. The van der Waals surface area contributed by atoms with Crippen LogP contribution < -0.4 is 5.32 Å². The minimum Gasteiger partial charge on any atom is -0.356 e. The van der Waals surface area contributed by atoms with Gasteiger partial charge in [-0.15, -0.1) is 0 Å². The van der Waals surface area contributed by atoms with Gasteiger partial charge in [0.1, 0.15) is 0 Å². The first kappa shape index (κ1) is 15.4. The molecule has 0 bridgehead atoms. The van der Waals surface area contributed by atoms with E-state index < -0.39 is 0 Å². The molecule has 1 aliphatic rings. The first-order chi connectivity index (χ1) is 8.72. The highest BCUT2D eigenvalue weighted by Gasteiger charge is 2.13. The summed E-state index contributed by atoms with van der Waals surface area (Å²) in [5, 5.41) is 2.93. The fourth-order valence-corrected chi connectivity index (χ4v) is 1.89. The third-order valence-corrected chi connectivity index (χ3v) is 3.32. The zero-order chi connectivity index (χ0) is 13.2. The highest BCUT2D eigenvalue weighted by Crippen LogP contribution is 2.13. The maximum Gasteiger partial charge on any atom is 0.220 e. The number of ether oxygens (including phenoxy) is 2. The van der Waals surface area contributed by atoms with Crippen molar-refractivity contribution in [3.05, 3.63) is 0 Å². The molecule has 2 atom stereocenters. The highest BCUT2D eigenvalue weighted by atomic mass is 16.7. The minimum absolute atomic E-state index is 0.0189. The summed E-state index contributed by atoms with van der Waals surface area (Å²) in [6.45, 7) is 6.38. The Hall–Kier alpha value is -0.610. The lowest BCUT2D eigenvalue weighted by Gasteiger charge is -2.22. The molecule has 4 heteroatoms. The molecule has 0 saturated carbocycles. The second-order valence-corrected chi connectivity index (χ2v) is 5.09. The zero-order valence-corrected chi connectivity index (χ0v) is 11.7. The molecule has 1 saturated heterocycles. The maximum atomic E-state index is 11.5. The van der Waals surface area contributed by atoms with Gasteiger partial charge < -0.3 is 14.8 Å². The van der Waals surface area contributed by atoms with Crippen molar-refractivity contribution in [2.75, 3.05) is 19.8 Å². The molecule has 0 spiro atoms. The average Bonchev–Trinajstić information content (AvgIpc) is 2.39. The lowest BCUT2D eigenvalue weighted by Crippen LogP contribution is -2.28. The van der Waals surface area contributed by atoms with E-state index in [2.05, 4.69) is 19.2 Å². The van der Waals surface area contributed by atoms with Crippen molar-refractivity contribution in [1.29, 1.82) is 0 Å². The summed E-state index contributed by atoms with van der Waals surface area (Å²) in [6.07, 6.45) is 5.85. The van der Waals surface area contributed by atoms with Crippen molar-refractivity contribution < 1.29 is 14.3 Å². The van der Waals surface area contributed by atoms with Crippen LogP contribution in [0.2, 0.25) is 0 Å². The molecule has 0 aromatic rings. The van der Waals surface area contributed by atoms with Crippen LogP contribution in [0.5, 0.6) is 0 Å². The smallest absolute Gasteiger partial charge is 0.220 e. The van der Waals surface area contributed by atoms with E-state index >= 15 is 0 Å². The van der Waals surface area contributed by atoms with E-state index in [9.17, 15) is 4.79 Å². The second-order valence-electron chi connectivity index (χ2n) is 5.09. The van der Waals surface area contributed by atoms with Gasteiger partial charge >= 0.3 is 0 Å². The van der Waals surface area contributed by atoms with Gasteiger partial charge in [-0.25, -0.2) is 0 Å². The van der Waals surface area contributed by atoms with Gasteiger partial charge in [-0.3, -0.25) is 4.79 Å². The topological polar surface area (TPSA) is 47.6 Å². The number of nitrogens with one attached hydrogen (secondary N) is 1. The Morgan fingerprint density at radius 3 is 3.00 bits per heavy atom. The van der Waals surface area contributed by atoms with E-state index in [1.54, 1.807) is 0 Å². The molecule has 0 aliphatic carbocycles. The van der Waals surface area contributed by atoms with Crippen LogP contribution in [0.15, 0.2) is 0 Å². The van der Waals surface area contributed by atoms with Crippen LogP contribution in [-0.2, 0) is 14.3 Å². The number of hydrogen-bond donors (Lipinski definition) is 1. The molecule has 0 aromatic carbocycles. The van der Waals surface area contributed by atoms with Gasteiger partial charge in [-0.2, -0.15) is 0 Å². The lowest BCUT2D eigenvalue weighted by molar-refractivity contribution is -0.162. The molecule has 1 fully saturated rings. The predicted molar refractivity (Wildman–Crippen MR) is 71.2 cm³/mol. The van der Waals surface area contributed by atoms with Gasteiger partial charge in [0.15, 0.2) is 6.29 Å². The molecule has 4 nitrogen and oxygen atoms in total. The zero-order valence-electron chi connectivity index (χ0n) is 11.7. The van der Waals surface area contributed by atoms with Crippen molar-refractivity contribution in [3.8, 4) is 0 Å². The van der Waals surface area contributed by atoms with Crippen molar-refractivity contribution in [2.24, 2.45) is 5.92 Å². The van der Waals surface area contributed by atoms with Crippen LogP contribution in [-0.4, -0.2) is 32.0 Å². The van der Waals surface area contributed by atoms with E-state index in [1.165, 1.54) is 6.42 Å². The maximum absolute atomic E-state index is 11.5. The molecule has 1 N–H and O–H groups in total. The Morgan fingerprint density at radius 2 is 2.33 bits per heavy atom. The standard InChI is InChI=1S/C14H27NO3/c1-3-12(2)11-13(16)15-8-6-10-18-14-7-4-5-9-17-14/h12,14H,3-11H2,1-2H3,(H,15,16)/t12-,14-/m0/s1. The Balaban J connectivity index is 1.92. The molecule has 0 radical (unpaired) electrons. The predicted octanol–water partition coefficient (Wildman–Crippen LogP) is 2.47. The SMILES string of the molecule is CC[C@H](C)CC(=O)NCCCO[C@H]1CCCCO1. The largest absolute Gasteiger partial charge is 0.356 e. The summed E-state index contributed by atoms with van der Waals surface area (Å²) >= 11 is 0. The minimum atomic E-state index is -0.0189. The van der Waals surface area contributed by atoms with E-state index in [0.29, 0.717) is 25.5 Å². The van der Waals surface area contributed by atoms with E-state index in [4.69, 9.17) is 9.47 Å². The summed E-state index contributed by atoms with van der Waals surface area (Å²) in [6, 6.07) is 0. The van der Waals surface area contributed by atoms with E-state index in [-0.39, 0.29) is 12.2 Å². The quantitative estimate of drug-likeness (QED) is 0.680. The molecule has 0 aromatic heterocycles. The van der Waals surface area contributed by atoms with Gasteiger partial charge in [-0.1, -0.05) is 20.3 Å². The van der Waals surface area contributed by atoms with Gasteiger partial charge in [-0.05, 0) is 31.6 Å². The summed E-state index contributed by atoms with van der Waals surface area (Å²) in [7, 11) is 0. The Bertz CT molecular complexity index is 227. The Morgan fingerprint density at radius 1 is 1.50 bits per heavy atom. The molecule has 0 unspecified atom stereocenters. The van der Waals surface area contributed by atoms with Crippen LogP contribution in [0.25, 0.3) is 0 Å². The van der Waals surface area contributed by atoms with E-state index in [0.717, 1.165) is 32.3 Å². The van der Waals surface area contributed by atoms with Crippen molar-refractivity contribution in [1.82, 2.24) is 5.32 Å². The molecular weight excluding hydrogens is 230 g/mol. The van der Waals surface area contributed by atoms with E-state index in [1.807, 2.05) is 0 Å².